The summed E-state index contributed by atoms with van der Waals surface area (Å²) in [5.41, 5.74) is 1.85. The second-order valence-corrected chi connectivity index (χ2v) is 4.40. The number of carbonyl (C=O) groups is 1. The van der Waals surface area contributed by atoms with Crippen LogP contribution in [0.4, 0.5) is 4.39 Å². The maximum Gasteiger partial charge on any atom is 0.185 e. The van der Waals surface area contributed by atoms with E-state index in [0.717, 1.165) is 10.9 Å². The van der Waals surface area contributed by atoms with Crippen molar-refractivity contribution >= 4 is 22.8 Å². The van der Waals surface area contributed by atoms with Crippen LogP contribution in [0, 0.1) is 5.82 Å². The van der Waals surface area contributed by atoms with Gasteiger partial charge in [-0.15, -0.1) is 0 Å². The molecule has 0 fully saturated rings. The van der Waals surface area contributed by atoms with Crippen LogP contribution in [0.5, 0.6) is 0 Å². The molecule has 0 N–H and O–H groups in total. The summed E-state index contributed by atoms with van der Waals surface area (Å²) in [5, 5.41) is 0.781. The molecular weight excluding hydrogens is 255 g/mol. The molecule has 2 nitrogen and oxygen atoms in total. The average Bonchev–Trinajstić information content (AvgIpc) is 2.88. The number of halogens is 1. The lowest BCUT2D eigenvalue weighted by molar-refractivity contribution is 0.104. The monoisotopic (exact) mass is 266 g/mol. The van der Waals surface area contributed by atoms with Crippen LogP contribution >= 0.6 is 0 Å². The van der Waals surface area contributed by atoms with E-state index in [1.165, 1.54) is 24.5 Å². The molecule has 3 aromatic rings. The molecule has 1 aromatic heterocycles. The number of benzene rings is 2. The Kier molecular flexibility index (Phi) is 3.17. The molecule has 3 heteroatoms. The minimum absolute atomic E-state index is 0.0814. The maximum atomic E-state index is 13.0. The van der Waals surface area contributed by atoms with E-state index in [-0.39, 0.29) is 11.6 Å². The van der Waals surface area contributed by atoms with Gasteiger partial charge in [0.05, 0.1) is 6.26 Å². The minimum Gasteiger partial charge on any atom is -0.464 e. The van der Waals surface area contributed by atoms with Gasteiger partial charge in [0, 0.05) is 22.6 Å². The third-order valence-electron chi connectivity index (χ3n) is 3.04. The second-order valence-electron chi connectivity index (χ2n) is 4.40. The lowest BCUT2D eigenvalue weighted by atomic mass is 10.1. The van der Waals surface area contributed by atoms with Crippen LogP contribution in [0.2, 0.25) is 0 Å². The van der Waals surface area contributed by atoms with Crippen molar-refractivity contribution in [2.75, 3.05) is 0 Å². The maximum absolute atomic E-state index is 13.0. The molecule has 0 aliphatic rings. The topological polar surface area (TPSA) is 30.2 Å². The molecule has 0 unspecified atom stereocenters. The smallest absolute Gasteiger partial charge is 0.185 e. The first-order valence-electron chi connectivity index (χ1n) is 6.18. The molecule has 20 heavy (non-hydrogen) atoms. The summed E-state index contributed by atoms with van der Waals surface area (Å²) in [6.07, 6.45) is 4.68. The fourth-order valence-electron chi connectivity index (χ4n) is 2.02. The van der Waals surface area contributed by atoms with E-state index in [1.807, 2.05) is 18.2 Å². The van der Waals surface area contributed by atoms with Crippen LogP contribution in [0.25, 0.3) is 17.0 Å². The highest BCUT2D eigenvalue weighted by molar-refractivity contribution is 6.07. The van der Waals surface area contributed by atoms with Gasteiger partial charge in [-0.25, -0.2) is 4.39 Å². The number of hydrogen-bond donors (Lipinski definition) is 0. The lowest BCUT2D eigenvalue weighted by Crippen LogP contribution is -1.92. The molecule has 2 aromatic carbocycles. The van der Waals surface area contributed by atoms with Crippen molar-refractivity contribution in [3.05, 3.63) is 77.8 Å². The molecule has 0 saturated carbocycles. The molecular formula is C17H11FO2. The van der Waals surface area contributed by atoms with Gasteiger partial charge in [-0.2, -0.15) is 0 Å². The first-order chi connectivity index (χ1) is 9.74. The molecule has 3 rings (SSSR count). The standard InChI is InChI=1S/C17H11FO2/c18-14-7-8-15-13(11-20-17(15)10-14)6-9-16(19)12-4-2-1-3-5-12/h1-11H/b9-6+. The third kappa shape index (κ3) is 2.38. The number of furan rings is 1. The highest BCUT2D eigenvalue weighted by atomic mass is 19.1. The quantitative estimate of drug-likeness (QED) is 0.517. The Morgan fingerprint density at radius 2 is 1.90 bits per heavy atom. The van der Waals surface area contributed by atoms with Gasteiger partial charge < -0.3 is 4.42 Å². The summed E-state index contributed by atoms with van der Waals surface area (Å²) in [4.78, 5) is 12.0. The van der Waals surface area contributed by atoms with Crippen LogP contribution in [-0.2, 0) is 0 Å². The number of allylic oxidation sites excluding steroid dienone is 1. The molecule has 98 valence electrons. The zero-order chi connectivity index (χ0) is 13.9. The van der Waals surface area contributed by atoms with E-state index in [1.54, 1.807) is 24.3 Å². The van der Waals surface area contributed by atoms with Gasteiger partial charge in [-0.3, -0.25) is 4.79 Å². The number of carbonyl (C=O) groups excluding carboxylic acids is 1. The summed E-state index contributed by atoms with van der Waals surface area (Å²) in [6.45, 7) is 0. The number of hydrogen-bond acceptors (Lipinski definition) is 2. The average molecular weight is 266 g/mol. The first-order valence-corrected chi connectivity index (χ1v) is 6.18. The molecule has 0 atom stereocenters. The number of rotatable bonds is 3. The van der Waals surface area contributed by atoms with Crippen molar-refractivity contribution in [3.8, 4) is 0 Å². The Morgan fingerprint density at radius 3 is 2.70 bits per heavy atom. The predicted octanol–water partition coefficient (Wildman–Crippen LogP) is 4.47. The van der Waals surface area contributed by atoms with Crippen LogP contribution in [-0.4, -0.2) is 5.78 Å². The van der Waals surface area contributed by atoms with Crippen molar-refractivity contribution in [1.29, 1.82) is 0 Å². The zero-order valence-electron chi connectivity index (χ0n) is 10.5. The molecule has 0 aliphatic heterocycles. The Balaban J connectivity index is 1.90. The van der Waals surface area contributed by atoms with Crippen molar-refractivity contribution < 1.29 is 13.6 Å². The molecule has 0 bridgehead atoms. The SMILES string of the molecule is O=C(/C=C/c1coc2cc(F)ccc12)c1ccccc1. The van der Waals surface area contributed by atoms with E-state index >= 15 is 0 Å². The van der Waals surface area contributed by atoms with Gasteiger partial charge in [0.15, 0.2) is 5.78 Å². The van der Waals surface area contributed by atoms with Crippen LogP contribution in [0.15, 0.2) is 65.3 Å². The van der Waals surface area contributed by atoms with E-state index < -0.39 is 0 Å². The van der Waals surface area contributed by atoms with Crippen molar-refractivity contribution in [2.24, 2.45) is 0 Å². The van der Waals surface area contributed by atoms with Gasteiger partial charge >= 0.3 is 0 Å². The zero-order valence-corrected chi connectivity index (χ0v) is 10.5. The second kappa shape index (κ2) is 5.13. The highest BCUT2D eigenvalue weighted by Crippen LogP contribution is 2.23. The molecule has 0 spiro atoms. The van der Waals surface area contributed by atoms with Gasteiger partial charge in [0.1, 0.15) is 11.4 Å². The summed E-state index contributed by atoms with van der Waals surface area (Å²) < 4.78 is 18.3. The van der Waals surface area contributed by atoms with Crippen molar-refractivity contribution in [3.63, 3.8) is 0 Å². The van der Waals surface area contributed by atoms with E-state index in [2.05, 4.69) is 0 Å². The third-order valence-corrected chi connectivity index (χ3v) is 3.04. The minimum atomic E-state index is -0.345. The Morgan fingerprint density at radius 1 is 1.10 bits per heavy atom. The highest BCUT2D eigenvalue weighted by Gasteiger charge is 2.05. The predicted molar refractivity (Wildman–Crippen MR) is 76.0 cm³/mol. The van der Waals surface area contributed by atoms with Gasteiger partial charge in [0.2, 0.25) is 0 Å². The van der Waals surface area contributed by atoms with E-state index in [9.17, 15) is 9.18 Å². The molecule has 0 aliphatic carbocycles. The Hall–Kier alpha value is -2.68. The van der Waals surface area contributed by atoms with Crippen LogP contribution < -0.4 is 0 Å². The van der Waals surface area contributed by atoms with Crippen molar-refractivity contribution in [1.82, 2.24) is 0 Å². The molecule has 0 radical (unpaired) electrons. The normalized spacial score (nSPS) is 11.2. The van der Waals surface area contributed by atoms with Gasteiger partial charge in [0.25, 0.3) is 0 Å². The van der Waals surface area contributed by atoms with Crippen molar-refractivity contribution in [2.45, 2.75) is 0 Å². The molecule has 0 amide bonds. The van der Waals surface area contributed by atoms with Gasteiger partial charge in [-0.1, -0.05) is 30.3 Å². The molecule has 1 heterocycles. The largest absolute Gasteiger partial charge is 0.464 e. The summed E-state index contributed by atoms with van der Waals surface area (Å²) in [6, 6.07) is 13.3. The summed E-state index contributed by atoms with van der Waals surface area (Å²) in [5.74, 6) is -0.426. The van der Waals surface area contributed by atoms with Gasteiger partial charge in [-0.05, 0) is 24.3 Å². The van der Waals surface area contributed by atoms with Crippen LogP contribution in [0.1, 0.15) is 15.9 Å². The van der Waals surface area contributed by atoms with E-state index in [0.29, 0.717) is 11.1 Å². The molecule has 0 saturated heterocycles. The van der Waals surface area contributed by atoms with E-state index in [4.69, 9.17) is 4.42 Å². The lowest BCUT2D eigenvalue weighted by Gasteiger charge is -1.94. The Labute approximate surface area is 115 Å². The fraction of sp³-hybridized carbons (Fsp3) is 0. The number of ketones is 1. The summed E-state index contributed by atoms with van der Waals surface area (Å²) in [7, 11) is 0. The van der Waals surface area contributed by atoms with Crippen LogP contribution in [0.3, 0.4) is 0 Å². The first kappa shape index (κ1) is 12.4. The Bertz CT molecular complexity index is 785. The fourth-order valence-corrected chi connectivity index (χ4v) is 2.02. The summed E-state index contributed by atoms with van der Waals surface area (Å²) >= 11 is 0. The number of fused-ring (bicyclic) bond motifs is 1.